The highest BCUT2D eigenvalue weighted by atomic mass is 28.3. The molecule has 14 heavy (non-hydrogen) atoms. The first kappa shape index (κ1) is 9.74. The van der Waals surface area contributed by atoms with Gasteiger partial charge in [0.05, 0.1) is 0 Å². The fraction of sp³-hybridized carbons (Fsp3) is 0.455. The molecule has 2 rings (SSSR count). The minimum Gasteiger partial charge on any atom is -0.508 e. The Bertz CT molecular complexity index is 295. The van der Waals surface area contributed by atoms with Crippen LogP contribution in [0.25, 0.3) is 0 Å². The summed E-state index contributed by atoms with van der Waals surface area (Å²) in [6.07, 6.45) is 2.52. The number of benzene rings is 1. The maximum atomic E-state index is 9.61. The number of phenols is 1. The molecule has 0 radical (unpaired) electrons. The summed E-state index contributed by atoms with van der Waals surface area (Å²) in [6.45, 7) is 0.935. The standard InChI is InChI=1S/C11H16O2Si/c12-11-6-2-1-5-10(11)9-14-8-4-3-7-13-14/h1-2,5-6,12,14H,3-4,7-9H2. The maximum absolute atomic E-state index is 9.61. The van der Waals surface area contributed by atoms with Crippen LogP contribution in [0, 0.1) is 0 Å². The van der Waals surface area contributed by atoms with Crippen LogP contribution >= 0.6 is 0 Å². The molecule has 1 atom stereocenters. The van der Waals surface area contributed by atoms with E-state index < -0.39 is 9.04 Å². The molecular formula is C11H16O2Si. The molecule has 0 saturated carbocycles. The van der Waals surface area contributed by atoms with E-state index in [1.54, 1.807) is 6.07 Å². The maximum Gasteiger partial charge on any atom is 0.181 e. The SMILES string of the molecule is Oc1ccccc1C[SiH]1CCCCO1. The van der Waals surface area contributed by atoms with Gasteiger partial charge < -0.3 is 9.53 Å². The van der Waals surface area contributed by atoms with Crippen LogP contribution in [0.3, 0.4) is 0 Å². The fourth-order valence-electron chi connectivity index (χ4n) is 1.90. The van der Waals surface area contributed by atoms with Crippen LogP contribution in [0.1, 0.15) is 18.4 Å². The van der Waals surface area contributed by atoms with Crippen LogP contribution in [0.2, 0.25) is 6.04 Å². The molecule has 3 heteroatoms. The van der Waals surface area contributed by atoms with Gasteiger partial charge in [0.2, 0.25) is 0 Å². The third-order valence-corrected chi connectivity index (χ3v) is 5.37. The van der Waals surface area contributed by atoms with E-state index in [9.17, 15) is 5.11 Å². The highest BCUT2D eigenvalue weighted by Gasteiger charge is 2.17. The Balaban J connectivity index is 1.99. The zero-order valence-corrected chi connectivity index (χ0v) is 9.43. The largest absolute Gasteiger partial charge is 0.508 e. The highest BCUT2D eigenvalue weighted by Crippen LogP contribution is 2.21. The number of hydrogen-bond acceptors (Lipinski definition) is 2. The molecule has 1 N–H and O–H groups in total. The van der Waals surface area contributed by atoms with Crippen molar-refractivity contribution in [3.63, 3.8) is 0 Å². The van der Waals surface area contributed by atoms with E-state index in [-0.39, 0.29) is 0 Å². The van der Waals surface area contributed by atoms with Gasteiger partial charge in [0.15, 0.2) is 9.04 Å². The molecule has 1 fully saturated rings. The van der Waals surface area contributed by atoms with E-state index in [0.29, 0.717) is 5.75 Å². The minimum atomic E-state index is -1.04. The highest BCUT2D eigenvalue weighted by molar-refractivity contribution is 6.51. The lowest BCUT2D eigenvalue weighted by Crippen LogP contribution is -2.26. The first-order chi connectivity index (χ1) is 6.86. The van der Waals surface area contributed by atoms with Gasteiger partial charge in [-0.2, -0.15) is 0 Å². The average Bonchev–Trinajstić information content (AvgIpc) is 2.23. The van der Waals surface area contributed by atoms with Gasteiger partial charge in [-0.05, 0) is 30.1 Å². The summed E-state index contributed by atoms with van der Waals surface area (Å²) >= 11 is 0. The minimum absolute atomic E-state index is 0.425. The van der Waals surface area contributed by atoms with Gasteiger partial charge in [-0.15, -0.1) is 0 Å². The summed E-state index contributed by atoms with van der Waals surface area (Å²) < 4.78 is 5.76. The van der Waals surface area contributed by atoms with Crippen LogP contribution < -0.4 is 0 Å². The van der Waals surface area contributed by atoms with Gasteiger partial charge in [-0.25, -0.2) is 0 Å². The number of hydrogen-bond donors (Lipinski definition) is 1. The van der Waals surface area contributed by atoms with Crippen molar-refractivity contribution in [2.45, 2.75) is 24.9 Å². The number of phenolic OH excluding ortho intramolecular Hbond substituents is 1. The summed E-state index contributed by atoms with van der Waals surface area (Å²) in [5.41, 5.74) is 1.06. The molecule has 1 saturated heterocycles. The second-order valence-electron chi connectivity index (χ2n) is 3.82. The lowest BCUT2D eigenvalue weighted by atomic mass is 10.2. The molecule has 0 aromatic heterocycles. The lowest BCUT2D eigenvalue weighted by molar-refractivity contribution is 0.286. The van der Waals surface area contributed by atoms with Crippen LogP contribution in [0.4, 0.5) is 0 Å². The normalized spacial score (nSPS) is 22.1. The first-order valence-electron chi connectivity index (χ1n) is 5.25. The van der Waals surface area contributed by atoms with Crippen molar-refractivity contribution in [1.29, 1.82) is 0 Å². The van der Waals surface area contributed by atoms with E-state index in [1.165, 1.54) is 18.9 Å². The molecule has 1 unspecified atom stereocenters. The average molecular weight is 208 g/mol. The Morgan fingerprint density at radius 2 is 2.14 bits per heavy atom. The van der Waals surface area contributed by atoms with Gasteiger partial charge in [0.1, 0.15) is 5.75 Å². The third kappa shape index (κ3) is 2.36. The van der Waals surface area contributed by atoms with Gasteiger partial charge in [0, 0.05) is 6.61 Å². The summed E-state index contributed by atoms with van der Waals surface area (Å²) in [5.74, 6) is 0.425. The van der Waals surface area contributed by atoms with Gasteiger partial charge in [-0.3, -0.25) is 0 Å². The number of rotatable bonds is 2. The molecule has 0 bridgehead atoms. The fourth-order valence-corrected chi connectivity index (χ4v) is 4.47. The van der Waals surface area contributed by atoms with E-state index in [0.717, 1.165) is 18.2 Å². The van der Waals surface area contributed by atoms with Gasteiger partial charge >= 0.3 is 0 Å². The van der Waals surface area contributed by atoms with Crippen molar-refractivity contribution in [3.8, 4) is 5.75 Å². The zero-order chi connectivity index (χ0) is 9.80. The Labute approximate surface area is 86.3 Å². The monoisotopic (exact) mass is 208 g/mol. The van der Waals surface area contributed by atoms with Crippen LogP contribution in [-0.2, 0) is 10.5 Å². The molecule has 1 aliphatic rings. The predicted molar refractivity (Wildman–Crippen MR) is 59.0 cm³/mol. The number of aromatic hydroxyl groups is 1. The van der Waals surface area contributed by atoms with E-state index >= 15 is 0 Å². The van der Waals surface area contributed by atoms with Crippen molar-refractivity contribution in [3.05, 3.63) is 29.8 Å². The smallest absolute Gasteiger partial charge is 0.181 e. The predicted octanol–water partition coefficient (Wildman–Crippen LogP) is 2.01. The lowest BCUT2D eigenvalue weighted by Gasteiger charge is -2.21. The quantitative estimate of drug-likeness (QED) is 0.753. The van der Waals surface area contributed by atoms with Crippen LogP contribution in [0.5, 0.6) is 5.75 Å². The van der Waals surface area contributed by atoms with Crippen LogP contribution in [0.15, 0.2) is 24.3 Å². The summed E-state index contributed by atoms with van der Waals surface area (Å²) in [6, 6.07) is 9.84. The molecule has 2 nitrogen and oxygen atoms in total. The summed E-state index contributed by atoms with van der Waals surface area (Å²) in [5, 5.41) is 9.61. The van der Waals surface area contributed by atoms with Crippen molar-refractivity contribution in [2.75, 3.05) is 6.61 Å². The zero-order valence-electron chi connectivity index (χ0n) is 8.28. The molecule has 76 valence electrons. The first-order valence-corrected chi connectivity index (χ1v) is 7.35. The molecular weight excluding hydrogens is 192 g/mol. The molecule has 1 heterocycles. The molecule has 1 aliphatic heterocycles. The van der Waals surface area contributed by atoms with E-state index in [2.05, 4.69) is 0 Å². The topological polar surface area (TPSA) is 29.5 Å². The Morgan fingerprint density at radius 1 is 1.29 bits per heavy atom. The molecule has 1 aromatic carbocycles. The second kappa shape index (κ2) is 4.62. The Kier molecular flexibility index (Phi) is 3.21. The molecule has 0 amide bonds. The van der Waals surface area contributed by atoms with E-state index in [4.69, 9.17) is 4.43 Å². The Hall–Kier alpha value is -0.803. The number of para-hydroxylation sites is 1. The third-order valence-electron chi connectivity index (χ3n) is 2.71. The van der Waals surface area contributed by atoms with Crippen molar-refractivity contribution in [2.24, 2.45) is 0 Å². The van der Waals surface area contributed by atoms with Crippen molar-refractivity contribution < 1.29 is 9.53 Å². The second-order valence-corrected chi connectivity index (χ2v) is 6.38. The summed E-state index contributed by atoms with van der Waals surface area (Å²) in [4.78, 5) is 0. The van der Waals surface area contributed by atoms with E-state index in [1.807, 2.05) is 18.2 Å². The summed E-state index contributed by atoms with van der Waals surface area (Å²) in [7, 11) is -1.04. The van der Waals surface area contributed by atoms with Crippen molar-refractivity contribution >= 4 is 9.04 Å². The molecule has 1 aromatic rings. The van der Waals surface area contributed by atoms with Crippen molar-refractivity contribution in [1.82, 2.24) is 0 Å². The molecule has 0 spiro atoms. The Morgan fingerprint density at radius 3 is 2.86 bits per heavy atom. The van der Waals surface area contributed by atoms with Gasteiger partial charge in [0.25, 0.3) is 0 Å². The van der Waals surface area contributed by atoms with Crippen LogP contribution in [-0.4, -0.2) is 20.8 Å². The molecule has 0 aliphatic carbocycles. The van der Waals surface area contributed by atoms with Gasteiger partial charge in [-0.1, -0.05) is 24.6 Å².